The first-order chi connectivity index (χ1) is 12.7. The Morgan fingerprint density at radius 2 is 1.52 bits per heavy atom. The SMILES string of the molecule is Cc1ccc(S(=O)(=O)O/C=C(/C(=O)O)N2C(=O)c3ccccc3C2=O)cc1. The molecule has 1 N–H and O–H groups in total. The van der Waals surface area contributed by atoms with Gasteiger partial charge in [0.1, 0.15) is 11.2 Å². The van der Waals surface area contributed by atoms with E-state index < -0.39 is 33.6 Å². The van der Waals surface area contributed by atoms with Gasteiger partial charge in [0, 0.05) is 0 Å². The summed E-state index contributed by atoms with van der Waals surface area (Å²) in [5.74, 6) is -3.44. The Morgan fingerprint density at radius 3 is 2.00 bits per heavy atom. The summed E-state index contributed by atoms with van der Waals surface area (Å²) in [4.78, 5) is 36.5. The van der Waals surface area contributed by atoms with Crippen LogP contribution in [0.3, 0.4) is 0 Å². The Balaban J connectivity index is 1.95. The minimum Gasteiger partial charge on any atom is -0.476 e. The number of aryl methyl sites for hydroxylation is 1. The molecule has 0 atom stereocenters. The van der Waals surface area contributed by atoms with Gasteiger partial charge >= 0.3 is 16.1 Å². The van der Waals surface area contributed by atoms with Gasteiger partial charge in [0.2, 0.25) is 0 Å². The molecular weight excluding hydrogens is 374 g/mol. The number of carboxylic acids is 1. The molecule has 27 heavy (non-hydrogen) atoms. The minimum absolute atomic E-state index is 0.0241. The third-order valence-corrected chi connectivity index (χ3v) is 5.05. The number of imide groups is 1. The number of carbonyl (C=O) groups is 3. The summed E-state index contributed by atoms with van der Waals surface area (Å²) < 4.78 is 29.1. The van der Waals surface area contributed by atoms with Crippen molar-refractivity contribution in [1.82, 2.24) is 4.90 Å². The summed E-state index contributed by atoms with van der Waals surface area (Å²) >= 11 is 0. The van der Waals surface area contributed by atoms with E-state index in [-0.39, 0.29) is 16.0 Å². The van der Waals surface area contributed by atoms with Crippen molar-refractivity contribution >= 4 is 27.9 Å². The molecule has 138 valence electrons. The first kappa shape index (κ1) is 18.3. The van der Waals surface area contributed by atoms with Crippen molar-refractivity contribution in [3.8, 4) is 0 Å². The number of aliphatic carboxylic acids is 1. The van der Waals surface area contributed by atoms with Gasteiger partial charge in [-0.3, -0.25) is 9.59 Å². The smallest absolute Gasteiger partial charge is 0.356 e. The Hall–Kier alpha value is -3.46. The molecule has 3 rings (SSSR count). The number of fused-ring (bicyclic) bond motifs is 1. The molecule has 0 bridgehead atoms. The minimum atomic E-state index is -4.33. The van der Waals surface area contributed by atoms with Gasteiger partial charge in [0.15, 0.2) is 5.70 Å². The van der Waals surface area contributed by atoms with E-state index >= 15 is 0 Å². The van der Waals surface area contributed by atoms with Crippen LogP contribution in [0, 0.1) is 6.92 Å². The van der Waals surface area contributed by atoms with Crippen molar-refractivity contribution in [3.05, 3.63) is 77.2 Å². The number of nitrogens with zero attached hydrogens (tertiary/aromatic N) is 1. The van der Waals surface area contributed by atoms with Gasteiger partial charge in [0.05, 0.1) is 11.1 Å². The zero-order valence-electron chi connectivity index (χ0n) is 13.9. The molecule has 0 saturated carbocycles. The second-order valence-electron chi connectivity index (χ2n) is 5.66. The fraction of sp³-hybridized carbons (Fsp3) is 0.0556. The van der Waals surface area contributed by atoms with Gasteiger partial charge in [0.25, 0.3) is 11.8 Å². The zero-order chi connectivity index (χ0) is 19.8. The summed E-state index contributed by atoms with van der Waals surface area (Å²) in [5, 5.41) is 9.36. The molecule has 1 aliphatic heterocycles. The number of amides is 2. The van der Waals surface area contributed by atoms with E-state index in [9.17, 15) is 27.9 Å². The predicted octanol–water partition coefficient (Wildman–Crippen LogP) is 1.92. The quantitative estimate of drug-likeness (QED) is 0.360. The highest BCUT2D eigenvalue weighted by molar-refractivity contribution is 7.86. The van der Waals surface area contributed by atoms with Gasteiger partial charge < -0.3 is 9.29 Å². The van der Waals surface area contributed by atoms with Crippen molar-refractivity contribution in [2.24, 2.45) is 0 Å². The van der Waals surface area contributed by atoms with Crippen molar-refractivity contribution in [3.63, 3.8) is 0 Å². The molecule has 1 aliphatic rings. The molecule has 0 aromatic heterocycles. The topological polar surface area (TPSA) is 118 Å². The summed E-state index contributed by atoms with van der Waals surface area (Å²) in [7, 11) is -4.33. The third-order valence-electron chi connectivity index (χ3n) is 3.85. The summed E-state index contributed by atoms with van der Waals surface area (Å²) in [5.41, 5.74) is -0.0364. The van der Waals surface area contributed by atoms with Gasteiger partial charge in [-0.25, -0.2) is 9.69 Å². The molecule has 0 spiro atoms. The molecule has 0 fully saturated rings. The van der Waals surface area contributed by atoms with E-state index in [1.165, 1.54) is 36.4 Å². The highest BCUT2D eigenvalue weighted by atomic mass is 32.2. The Morgan fingerprint density at radius 1 is 1.00 bits per heavy atom. The van der Waals surface area contributed by atoms with Gasteiger partial charge in [-0.05, 0) is 31.2 Å². The maximum absolute atomic E-state index is 12.4. The van der Waals surface area contributed by atoms with Crippen LogP contribution in [0.4, 0.5) is 0 Å². The highest BCUT2D eigenvalue weighted by Gasteiger charge is 2.40. The lowest BCUT2D eigenvalue weighted by atomic mass is 10.1. The molecule has 0 aliphatic carbocycles. The molecule has 9 heteroatoms. The molecule has 8 nitrogen and oxygen atoms in total. The lowest BCUT2D eigenvalue weighted by Crippen LogP contribution is -2.33. The molecule has 1 heterocycles. The molecule has 0 saturated heterocycles. The van der Waals surface area contributed by atoms with Crippen LogP contribution in [0.2, 0.25) is 0 Å². The molecular formula is C18H13NO7S. The fourth-order valence-corrected chi connectivity index (χ4v) is 3.27. The van der Waals surface area contributed by atoms with Crippen molar-refractivity contribution in [2.75, 3.05) is 0 Å². The van der Waals surface area contributed by atoms with Gasteiger partial charge in [-0.2, -0.15) is 8.42 Å². The van der Waals surface area contributed by atoms with E-state index in [1.54, 1.807) is 19.1 Å². The number of hydrogen-bond acceptors (Lipinski definition) is 6. The van der Waals surface area contributed by atoms with Crippen LogP contribution >= 0.6 is 0 Å². The van der Waals surface area contributed by atoms with Crippen molar-refractivity contribution in [2.45, 2.75) is 11.8 Å². The maximum Gasteiger partial charge on any atom is 0.356 e. The summed E-state index contributed by atoms with van der Waals surface area (Å²) in [6, 6.07) is 11.5. The average molecular weight is 387 g/mol. The normalized spacial score (nSPS) is 14.3. The molecule has 0 unspecified atom stereocenters. The molecule has 0 radical (unpaired) electrons. The van der Waals surface area contributed by atoms with Crippen LogP contribution in [-0.4, -0.2) is 36.2 Å². The van der Waals surface area contributed by atoms with Crippen LogP contribution in [0.5, 0.6) is 0 Å². The first-order valence-corrected chi connectivity index (χ1v) is 9.04. The van der Waals surface area contributed by atoms with Gasteiger partial charge in [-0.15, -0.1) is 0 Å². The maximum atomic E-state index is 12.4. The van der Waals surface area contributed by atoms with Gasteiger partial charge in [-0.1, -0.05) is 29.8 Å². The summed E-state index contributed by atoms with van der Waals surface area (Å²) in [6.45, 7) is 1.77. The zero-order valence-corrected chi connectivity index (χ0v) is 14.8. The largest absolute Gasteiger partial charge is 0.476 e. The number of carbonyl (C=O) groups excluding carboxylic acids is 2. The van der Waals surface area contributed by atoms with E-state index in [4.69, 9.17) is 0 Å². The third kappa shape index (κ3) is 3.32. The van der Waals surface area contributed by atoms with E-state index in [2.05, 4.69) is 4.18 Å². The Bertz CT molecular complexity index is 1050. The number of rotatable bonds is 5. The average Bonchev–Trinajstić information content (AvgIpc) is 2.87. The predicted molar refractivity (Wildman–Crippen MR) is 92.1 cm³/mol. The van der Waals surface area contributed by atoms with Crippen LogP contribution in [0.1, 0.15) is 26.3 Å². The van der Waals surface area contributed by atoms with E-state index in [0.717, 1.165) is 5.56 Å². The van der Waals surface area contributed by atoms with Crippen LogP contribution < -0.4 is 0 Å². The monoisotopic (exact) mass is 387 g/mol. The number of benzene rings is 2. The number of carboxylic acid groups (broad SMARTS) is 1. The molecule has 2 amide bonds. The molecule has 2 aromatic rings. The number of hydrogen-bond donors (Lipinski definition) is 1. The summed E-state index contributed by atoms with van der Waals surface area (Å²) in [6.07, 6.45) is 0.374. The molecule has 2 aromatic carbocycles. The Kier molecular flexibility index (Phi) is 4.54. The lowest BCUT2D eigenvalue weighted by molar-refractivity contribution is -0.134. The van der Waals surface area contributed by atoms with E-state index in [1.807, 2.05) is 0 Å². The van der Waals surface area contributed by atoms with E-state index in [0.29, 0.717) is 11.2 Å². The first-order valence-electron chi connectivity index (χ1n) is 7.63. The van der Waals surface area contributed by atoms with Crippen LogP contribution in [-0.2, 0) is 19.1 Å². The van der Waals surface area contributed by atoms with Crippen LogP contribution in [0.15, 0.2) is 65.4 Å². The van der Waals surface area contributed by atoms with Crippen molar-refractivity contribution < 1.29 is 32.1 Å². The lowest BCUT2D eigenvalue weighted by Gasteiger charge is -2.14. The fourth-order valence-electron chi connectivity index (χ4n) is 2.48. The Labute approximate surface area is 154 Å². The standard InChI is InChI=1S/C18H13NO7S/c1-11-6-8-12(9-7-11)27(24,25)26-10-15(18(22)23)19-16(20)13-4-2-3-5-14(13)17(19)21/h2-10H,1H3,(H,22,23)/b15-10-. The van der Waals surface area contributed by atoms with Crippen LogP contribution in [0.25, 0.3) is 0 Å². The highest BCUT2D eigenvalue weighted by Crippen LogP contribution is 2.26. The second-order valence-corrected chi connectivity index (χ2v) is 7.24. The van der Waals surface area contributed by atoms with Crippen molar-refractivity contribution in [1.29, 1.82) is 0 Å². The second kappa shape index (κ2) is 6.69.